The van der Waals surface area contributed by atoms with Crippen LogP contribution in [-0.2, 0) is 0 Å². The maximum Gasteiger partial charge on any atom is 0.121 e. The highest BCUT2D eigenvalue weighted by atomic mass is 35.5. The molecule has 0 radical (unpaired) electrons. The van der Waals surface area contributed by atoms with E-state index in [0.717, 1.165) is 22.6 Å². The van der Waals surface area contributed by atoms with Crippen molar-refractivity contribution in [3.63, 3.8) is 0 Å². The van der Waals surface area contributed by atoms with Crippen molar-refractivity contribution in [2.24, 2.45) is 0 Å². The van der Waals surface area contributed by atoms with E-state index in [1.165, 1.54) is 5.56 Å². The van der Waals surface area contributed by atoms with Crippen molar-refractivity contribution in [1.29, 1.82) is 0 Å². The van der Waals surface area contributed by atoms with Crippen LogP contribution in [-0.4, -0.2) is 19.6 Å². The van der Waals surface area contributed by atoms with Gasteiger partial charge in [-0.1, -0.05) is 18.2 Å². The summed E-state index contributed by atoms with van der Waals surface area (Å²) in [6, 6.07) is 14.2. The number of methoxy groups -OCH3 is 1. The monoisotopic (exact) mass is 276 g/mol. The van der Waals surface area contributed by atoms with Gasteiger partial charge in [-0.05, 0) is 47.9 Å². The third-order valence-electron chi connectivity index (χ3n) is 2.93. The largest absolute Gasteiger partial charge is 0.496 e. The van der Waals surface area contributed by atoms with Crippen LogP contribution >= 0.6 is 11.6 Å². The number of ether oxygens (including phenoxy) is 2. The van der Waals surface area contributed by atoms with E-state index >= 15 is 0 Å². The van der Waals surface area contributed by atoms with E-state index in [9.17, 15) is 0 Å². The van der Waals surface area contributed by atoms with Crippen molar-refractivity contribution in [3.8, 4) is 22.6 Å². The van der Waals surface area contributed by atoms with Crippen LogP contribution in [0.5, 0.6) is 11.5 Å². The Labute approximate surface area is 118 Å². The standard InChI is InChI=1S/C16H17ClO2/c1-12-11-14(5-8-16(12)18-2)13-3-6-15(7-4-13)19-10-9-17/h3-8,11H,9-10H2,1-2H3. The van der Waals surface area contributed by atoms with E-state index in [1.807, 2.05) is 37.3 Å². The normalized spacial score (nSPS) is 10.3. The average molecular weight is 277 g/mol. The summed E-state index contributed by atoms with van der Waals surface area (Å²) in [5.41, 5.74) is 3.45. The summed E-state index contributed by atoms with van der Waals surface area (Å²) < 4.78 is 10.7. The van der Waals surface area contributed by atoms with Crippen LogP contribution in [0.15, 0.2) is 42.5 Å². The predicted octanol–water partition coefficient (Wildman–Crippen LogP) is 4.29. The van der Waals surface area contributed by atoms with Gasteiger partial charge in [0.2, 0.25) is 0 Å². The van der Waals surface area contributed by atoms with Gasteiger partial charge in [0.15, 0.2) is 0 Å². The van der Waals surface area contributed by atoms with Crippen molar-refractivity contribution in [3.05, 3.63) is 48.0 Å². The first kappa shape index (κ1) is 13.8. The average Bonchev–Trinajstić information content (AvgIpc) is 2.45. The quantitative estimate of drug-likeness (QED) is 0.759. The maximum absolute atomic E-state index is 5.59. The SMILES string of the molecule is COc1ccc(-c2ccc(OCCCl)cc2)cc1C. The summed E-state index contributed by atoms with van der Waals surface area (Å²) in [6.07, 6.45) is 0. The van der Waals surface area contributed by atoms with Gasteiger partial charge in [0, 0.05) is 0 Å². The molecule has 19 heavy (non-hydrogen) atoms. The van der Waals surface area contributed by atoms with Crippen LogP contribution in [0.25, 0.3) is 11.1 Å². The van der Waals surface area contributed by atoms with Crippen molar-refractivity contribution >= 4 is 11.6 Å². The minimum Gasteiger partial charge on any atom is -0.496 e. The second-order valence-electron chi connectivity index (χ2n) is 4.25. The summed E-state index contributed by atoms with van der Waals surface area (Å²) in [5.74, 6) is 2.25. The van der Waals surface area contributed by atoms with E-state index in [4.69, 9.17) is 21.1 Å². The topological polar surface area (TPSA) is 18.5 Å². The molecule has 0 bridgehead atoms. The maximum atomic E-state index is 5.59. The molecule has 0 fully saturated rings. The lowest BCUT2D eigenvalue weighted by molar-refractivity contribution is 0.343. The van der Waals surface area contributed by atoms with Gasteiger partial charge < -0.3 is 9.47 Å². The third-order valence-corrected chi connectivity index (χ3v) is 3.08. The molecule has 0 aliphatic carbocycles. The molecule has 0 saturated carbocycles. The summed E-state index contributed by atoms with van der Waals surface area (Å²) in [4.78, 5) is 0. The lowest BCUT2D eigenvalue weighted by Crippen LogP contribution is -1.97. The summed E-state index contributed by atoms with van der Waals surface area (Å²) in [5, 5.41) is 0. The fourth-order valence-electron chi connectivity index (χ4n) is 1.96. The predicted molar refractivity (Wildman–Crippen MR) is 79.4 cm³/mol. The number of halogens is 1. The molecule has 0 aliphatic rings. The number of alkyl halides is 1. The van der Waals surface area contributed by atoms with E-state index in [2.05, 4.69) is 12.1 Å². The molecule has 0 atom stereocenters. The number of aryl methyl sites for hydroxylation is 1. The number of hydrogen-bond donors (Lipinski definition) is 0. The fourth-order valence-corrected chi connectivity index (χ4v) is 2.04. The van der Waals surface area contributed by atoms with E-state index in [0.29, 0.717) is 12.5 Å². The Morgan fingerprint density at radius 1 is 1.00 bits per heavy atom. The van der Waals surface area contributed by atoms with Gasteiger partial charge >= 0.3 is 0 Å². The Hall–Kier alpha value is -1.67. The molecule has 0 N–H and O–H groups in total. The van der Waals surface area contributed by atoms with Gasteiger partial charge in [-0.25, -0.2) is 0 Å². The molecule has 2 nitrogen and oxygen atoms in total. The smallest absolute Gasteiger partial charge is 0.121 e. The fraction of sp³-hybridized carbons (Fsp3) is 0.250. The van der Waals surface area contributed by atoms with E-state index in [-0.39, 0.29) is 0 Å². The molecule has 2 aromatic carbocycles. The summed E-state index contributed by atoms with van der Waals surface area (Å²) >= 11 is 5.59. The summed E-state index contributed by atoms with van der Waals surface area (Å²) in [6.45, 7) is 2.57. The highest BCUT2D eigenvalue weighted by molar-refractivity contribution is 6.18. The van der Waals surface area contributed by atoms with E-state index < -0.39 is 0 Å². The van der Waals surface area contributed by atoms with Crippen molar-refractivity contribution < 1.29 is 9.47 Å². The Balaban J connectivity index is 2.19. The van der Waals surface area contributed by atoms with Crippen molar-refractivity contribution in [2.45, 2.75) is 6.92 Å². The first-order chi connectivity index (χ1) is 9.24. The molecular weight excluding hydrogens is 260 g/mol. The lowest BCUT2D eigenvalue weighted by atomic mass is 10.0. The minimum absolute atomic E-state index is 0.499. The Bertz CT molecular complexity index is 535. The molecule has 0 amide bonds. The molecule has 0 heterocycles. The molecule has 100 valence electrons. The van der Waals surface area contributed by atoms with Gasteiger partial charge in [-0.15, -0.1) is 11.6 Å². The molecule has 0 spiro atoms. The van der Waals surface area contributed by atoms with Crippen LogP contribution in [0.1, 0.15) is 5.56 Å². The number of hydrogen-bond acceptors (Lipinski definition) is 2. The first-order valence-electron chi connectivity index (χ1n) is 6.18. The Morgan fingerprint density at radius 2 is 1.68 bits per heavy atom. The molecule has 0 aliphatic heterocycles. The van der Waals surface area contributed by atoms with Crippen LogP contribution in [0.2, 0.25) is 0 Å². The molecule has 0 unspecified atom stereocenters. The molecule has 0 aromatic heterocycles. The zero-order valence-corrected chi connectivity index (χ0v) is 11.9. The van der Waals surface area contributed by atoms with Crippen LogP contribution in [0.4, 0.5) is 0 Å². The Morgan fingerprint density at radius 3 is 2.26 bits per heavy atom. The van der Waals surface area contributed by atoms with Gasteiger partial charge in [0.25, 0.3) is 0 Å². The van der Waals surface area contributed by atoms with Crippen LogP contribution in [0, 0.1) is 6.92 Å². The zero-order chi connectivity index (χ0) is 13.7. The minimum atomic E-state index is 0.499. The van der Waals surface area contributed by atoms with Gasteiger partial charge in [-0.2, -0.15) is 0 Å². The second kappa shape index (κ2) is 6.48. The van der Waals surface area contributed by atoms with E-state index in [1.54, 1.807) is 7.11 Å². The van der Waals surface area contributed by atoms with Crippen LogP contribution in [0.3, 0.4) is 0 Å². The van der Waals surface area contributed by atoms with Gasteiger partial charge in [0.1, 0.15) is 18.1 Å². The second-order valence-corrected chi connectivity index (χ2v) is 4.62. The zero-order valence-electron chi connectivity index (χ0n) is 11.2. The highest BCUT2D eigenvalue weighted by Crippen LogP contribution is 2.27. The van der Waals surface area contributed by atoms with Gasteiger partial charge in [0.05, 0.1) is 13.0 Å². The summed E-state index contributed by atoms with van der Waals surface area (Å²) in [7, 11) is 1.69. The lowest BCUT2D eigenvalue weighted by Gasteiger charge is -2.09. The molecular formula is C16H17ClO2. The first-order valence-corrected chi connectivity index (χ1v) is 6.72. The molecule has 3 heteroatoms. The third kappa shape index (κ3) is 3.42. The molecule has 2 rings (SSSR count). The molecule has 0 saturated heterocycles. The highest BCUT2D eigenvalue weighted by Gasteiger charge is 2.02. The Kier molecular flexibility index (Phi) is 4.69. The van der Waals surface area contributed by atoms with Gasteiger partial charge in [-0.3, -0.25) is 0 Å². The molecule has 2 aromatic rings. The number of rotatable bonds is 5. The van der Waals surface area contributed by atoms with Crippen molar-refractivity contribution in [2.75, 3.05) is 19.6 Å². The number of benzene rings is 2. The van der Waals surface area contributed by atoms with Crippen LogP contribution < -0.4 is 9.47 Å². The van der Waals surface area contributed by atoms with Crippen molar-refractivity contribution in [1.82, 2.24) is 0 Å².